The zero-order valence-corrected chi connectivity index (χ0v) is 15.0. The summed E-state index contributed by atoms with van der Waals surface area (Å²) in [6.07, 6.45) is -2.29. The highest BCUT2D eigenvalue weighted by Crippen LogP contribution is 2.27. The fourth-order valence-electron chi connectivity index (χ4n) is 1.97. The molecule has 2 heterocycles. The molecule has 140 valence electrons. The van der Waals surface area contributed by atoms with Gasteiger partial charge in [0.1, 0.15) is 5.60 Å². The summed E-state index contributed by atoms with van der Waals surface area (Å²) in [5, 5.41) is -0.0958. The Kier molecular flexibility index (Phi) is 5.80. The highest BCUT2D eigenvalue weighted by Gasteiger charge is 2.34. The number of aryl methyl sites for hydroxylation is 1. The maximum absolute atomic E-state index is 12.5. The summed E-state index contributed by atoms with van der Waals surface area (Å²) in [4.78, 5) is 26.3. The molecule has 2 aromatic heterocycles. The molecule has 2 rings (SSSR count). The predicted octanol–water partition coefficient (Wildman–Crippen LogP) is 3.88. The third-order valence-corrected chi connectivity index (χ3v) is 3.13. The van der Waals surface area contributed by atoms with E-state index in [4.69, 9.17) is 16.3 Å². The first-order chi connectivity index (χ1) is 11.9. The molecule has 0 amide bonds. The van der Waals surface area contributed by atoms with Gasteiger partial charge in [-0.1, -0.05) is 0 Å². The highest BCUT2D eigenvalue weighted by atomic mass is 35.5. The van der Waals surface area contributed by atoms with Gasteiger partial charge in [-0.3, -0.25) is 4.79 Å². The van der Waals surface area contributed by atoms with E-state index in [0.29, 0.717) is 5.69 Å². The first-order valence-corrected chi connectivity index (χ1v) is 7.97. The Bertz CT molecular complexity index is 790. The Balaban J connectivity index is 2.15. The van der Waals surface area contributed by atoms with Crippen molar-refractivity contribution in [2.45, 2.75) is 45.4 Å². The summed E-state index contributed by atoms with van der Waals surface area (Å²) in [7, 11) is 0. The molecule has 0 fully saturated rings. The number of hydrogen-bond acceptors (Lipinski definition) is 6. The van der Waals surface area contributed by atoms with E-state index in [1.165, 1.54) is 6.07 Å². The second-order valence-corrected chi connectivity index (χ2v) is 6.73. The standard InChI is InChI=1S/C16H16ClF3N4O2/c1-15(2,3)26-12(25)5-4-10-6-11(24-14(17)23-10)9-7-21-13(22-8-9)16(18,19)20/h6-8H,4-5H2,1-3H3. The predicted molar refractivity (Wildman–Crippen MR) is 87.2 cm³/mol. The molecule has 0 aliphatic rings. The molecule has 10 heteroatoms. The van der Waals surface area contributed by atoms with Crippen molar-refractivity contribution in [3.63, 3.8) is 0 Å². The van der Waals surface area contributed by atoms with E-state index in [-0.39, 0.29) is 29.4 Å². The van der Waals surface area contributed by atoms with Crippen molar-refractivity contribution < 1.29 is 22.7 Å². The van der Waals surface area contributed by atoms with E-state index < -0.39 is 23.6 Å². The first-order valence-electron chi connectivity index (χ1n) is 7.59. The largest absolute Gasteiger partial charge is 0.460 e. The number of halogens is 4. The number of rotatable bonds is 4. The minimum absolute atomic E-state index is 0.0769. The third kappa shape index (κ3) is 5.91. The summed E-state index contributed by atoms with van der Waals surface area (Å²) >= 11 is 5.87. The van der Waals surface area contributed by atoms with Crippen molar-refractivity contribution in [3.05, 3.63) is 35.3 Å². The van der Waals surface area contributed by atoms with E-state index in [1.807, 2.05) is 0 Å². The Labute approximate surface area is 152 Å². The fourth-order valence-corrected chi connectivity index (χ4v) is 2.17. The molecule has 0 saturated carbocycles. The molecule has 2 aromatic rings. The maximum atomic E-state index is 12.5. The molecule has 26 heavy (non-hydrogen) atoms. The van der Waals surface area contributed by atoms with Gasteiger partial charge in [-0.25, -0.2) is 19.9 Å². The van der Waals surface area contributed by atoms with Gasteiger partial charge in [0, 0.05) is 30.1 Å². The Hall–Kier alpha value is -2.29. The summed E-state index contributed by atoms with van der Waals surface area (Å²) in [6.45, 7) is 5.28. The zero-order valence-electron chi connectivity index (χ0n) is 14.3. The molecule has 0 radical (unpaired) electrons. The van der Waals surface area contributed by atoms with E-state index in [0.717, 1.165) is 12.4 Å². The summed E-state index contributed by atoms with van der Waals surface area (Å²) in [6, 6.07) is 1.52. The second kappa shape index (κ2) is 7.53. The van der Waals surface area contributed by atoms with Crippen LogP contribution in [0.1, 0.15) is 38.7 Å². The van der Waals surface area contributed by atoms with Gasteiger partial charge < -0.3 is 4.74 Å². The van der Waals surface area contributed by atoms with E-state index in [2.05, 4.69) is 19.9 Å². The smallest absolute Gasteiger partial charge is 0.451 e. The van der Waals surface area contributed by atoms with Gasteiger partial charge in [-0.05, 0) is 38.4 Å². The Morgan fingerprint density at radius 2 is 1.77 bits per heavy atom. The lowest BCUT2D eigenvalue weighted by molar-refractivity contribution is -0.154. The SMILES string of the molecule is CC(C)(C)OC(=O)CCc1cc(-c2cnc(C(F)(F)F)nc2)nc(Cl)n1. The lowest BCUT2D eigenvalue weighted by Gasteiger charge is -2.19. The lowest BCUT2D eigenvalue weighted by atomic mass is 10.1. The summed E-state index contributed by atoms with van der Waals surface area (Å²) < 4.78 is 42.8. The maximum Gasteiger partial charge on any atom is 0.451 e. The van der Waals surface area contributed by atoms with Crippen LogP contribution in [-0.2, 0) is 22.1 Å². The van der Waals surface area contributed by atoms with Crippen molar-refractivity contribution in [2.24, 2.45) is 0 Å². The first kappa shape index (κ1) is 20.0. The molecule has 0 aliphatic carbocycles. The molecule has 0 atom stereocenters. The van der Waals surface area contributed by atoms with Crippen LogP contribution in [-0.4, -0.2) is 31.5 Å². The molecular weight excluding hydrogens is 373 g/mol. The topological polar surface area (TPSA) is 77.9 Å². The van der Waals surface area contributed by atoms with Crippen LogP contribution in [0, 0.1) is 0 Å². The lowest BCUT2D eigenvalue weighted by Crippen LogP contribution is -2.24. The quantitative estimate of drug-likeness (QED) is 0.584. The van der Waals surface area contributed by atoms with Gasteiger partial charge in [0.2, 0.25) is 11.1 Å². The molecule has 0 aliphatic heterocycles. The molecule has 6 nitrogen and oxygen atoms in total. The van der Waals surface area contributed by atoms with Crippen LogP contribution in [0.4, 0.5) is 13.2 Å². The van der Waals surface area contributed by atoms with Crippen LogP contribution in [0.2, 0.25) is 5.28 Å². The molecule has 0 N–H and O–H groups in total. The summed E-state index contributed by atoms with van der Waals surface area (Å²) in [5.74, 6) is -1.64. The number of alkyl halides is 3. The number of nitrogens with zero attached hydrogens (tertiary/aromatic N) is 4. The van der Waals surface area contributed by atoms with Crippen LogP contribution in [0.5, 0.6) is 0 Å². The van der Waals surface area contributed by atoms with Crippen molar-refractivity contribution in [3.8, 4) is 11.3 Å². The molecule has 0 unspecified atom stereocenters. The monoisotopic (exact) mass is 388 g/mol. The van der Waals surface area contributed by atoms with Gasteiger partial charge in [-0.2, -0.15) is 13.2 Å². The number of aromatic nitrogens is 4. The molecule has 0 aromatic carbocycles. The Morgan fingerprint density at radius 3 is 2.31 bits per heavy atom. The van der Waals surface area contributed by atoms with Crippen LogP contribution in [0.25, 0.3) is 11.3 Å². The third-order valence-electron chi connectivity index (χ3n) is 2.96. The number of esters is 1. The number of carbonyl (C=O) groups is 1. The van der Waals surface area contributed by atoms with Crippen LogP contribution in [0.3, 0.4) is 0 Å². The van der Waals surface area contributed by atoms with Gasteiger partial charge in [-0.15, -0.1) is 0 Å². The normalized spacial score (nSPS) is 12.1. The summed E-state index contributed by atoms with van der Waals surface area (Å²) in [5.41, 5.74) is 0.368. The van der Waals surface area contributed by atoms with Crippen molar-refractivity contribution in [1.29, 1.82) is 0 Å². The molecule has 0 saturated heterocycles. The van der Waals surface area contributed by atoms with E-state index >= 15 is 0 Å². The van der Waals surface area contributed by atoms with E-state index in [1.54, 1.807) is 20.8 Å². The minimum Gasteiger partial charge on any atom is -0.460 e. The zero-order chi connectivity index (χ0) is 19.5. The van der Waals surface area contributed by atoms with Gasteiger partial charge in [0.25, 0.3) is 0 Å². The average molecular weight is 389 g/mol. The number of hydrogen-bond donors (Lipinski definition) is 0. The number of carbonyl (C=O) groups excluding carboxylic acids is 1. The van der Waals surface area contributed by atoms with Crippen molar-refractivity contribution >= 4 is 17.6 Å². The minimum atomic E-state index is -4.62. The Morgan fingerprint density at radius 1 is 1.15 bits per heavy atom. The average Bonchev–Trinajstić information content (AvgIpc) is 2.50. The fraction of sp³-hybridized carbons (Fsp3) is 0.438. The van der Waals surface area contributed by atoms with Crippen LogP contribution in [0.15, 0.2) is 18.5 Å². The highest BCUT2D eigenvalue weighted by molar-refractivity contribution is 6.28. The molecular formula is C16H16ClF3N4O2. The molecule has 0 bridgehead atoms. The van der Waals surface area contributed by atoms with E-state index in [9.17, 15) is 18.0 Å². The van der Waals surface area contributed by atoms with Crippen molar-refractivity contribution in [2.75, 3.05) is 0 Å². The van der Waals surface area contributed by atoms with Gasteiger partial charge in [0.15, 0.2) is 0 Å². The van der Waals surface area contributed by atoms with Gasteiger partial charge >= 0.3 is 12.1 Å². The van der Waals surface area contributed by atoms with Crippen LogP contribution < -0.4 is 0 Å². The van der Waals surface area contributed by atoms with Crippen molar-refractivity contribution in [1.82, 2.24) is 19.9 Å². The second-order valence-electron chi connectivity index (χ2n) is 6.39. The van der Waals surface area contributed by atoms with Crippen LogP contribution >= 0.6 is 11.6 Å². The van der Waals surface area contributed by atoms with Gasteiger partial charge in [0.05, 0.1) is 12.1 Å². The molecule has 0 spiro atoms. The number of ether oxygens (including phenoxy) is 1.